The van der Waals surface area contributed by atoms with Crippen molar-refractivity contribution in [2.45, 2.75) is 170 Å². The van der Waals surface area contributed by atoms with Gasteiger partial charge >= 0.3 is 6.09 Å². The van der Waals surface area contributed by atoms with Crippen molar-refractivity contribution in [1.82, 2.24) is 10.6 Å². The van der Waals surface area contributed by atoms with Gasteiger partial charge in [0.2, 0.25) is 17.6 Å². The van der Waals surface area contributed by atoms with Gasteiger partial charge in [0.25, 0.3) is 0 Å². The molecule has 3 amide bonds. The highest BCUT2D eigenvalue weighted by atomic mass is 16.7. The lowest BCUT2D eigenvalue weighted by atomic mass is 9.72. The van der Waals surface area contributed by atoms with E-state index in [1.54, 1.807) is 0 Å². The number of methoxy groups -OCH3 is 1. The molecule has 498 valence electrons. The average Bonchev–Trinajstić information content (AvgIpc) is 0.715. The van der Waals surface area contributed by atoms with Crippen LogP contribution >= 0.6 is 0 Å². The zero-order chi connectivity index (χ0) is 67.2. The summed E-state index contributed by atoms with van der Waals surface area (Å²) < 4.78 is 33.4. The first-order chi connectivity index (χ1) is 42.9. The molecule has 2 saturated heterocycles. The van der Waals surface area contributed by atoms with Crippen LogP contribution in [0.5, 0.6) is 17.2 Å². The predicted molar refractivity (Wildman–Crippen MR) is 303 cm³/mol. The number of Topliss-reactive ketones (excluding diaryl/α,β-unsaturated/α-hetero) is 4. The predicted octanol–water partition coefficient (Wildman–Crippen LogP) is -4.11. The van der Waals surface area contributed by atoms with Crippen LogP contribution < -0.4 is 21.1 Å². The van der Waals surface area contributed by atoms with Crippen LogP contribution in [0.1, 0.15) is 113 Å². The third kappa shape index (κ3) is 15.6. The molecular weight excluding hydrogens is 1210 g/mol. The van der Waals surface area contributed by atoms with Crippen LogP contribution in [0.25, 0.3) is 0 Å². The van der Waals surface area contributed by atoms with Crippen LogP contribution in [0.4, 0.5) is 4.79 Å². The summed E-state index contributed by atoms with van der Waals surface area (Å²) in [5.41, 5.74) is 1.61. The van der Waals surface area contributed by atoms with Crippen LogP contribution in [-0.4, -0.2) is 237 Å². The van der Waals surface area contributed by atoms with E-state index in [1.807, 2.05) is 0 Å². The molecule has 17 N–H and O–H groups in total. The first kappa shape index (κ1) is 71.1. The van der Waals surface area contributed by atoms with E-state index in [1.165, 1.54) is 70.3 Å². The van der Waals surface area contributed by atoms with Crippen molar-refractivity contribution >= 4 is 52.6 Å². The first-order valence-corrected chi connectivity index (χ1v) is 28.9. The largest absolute Gasteiger partial charge is 0.507 e. The summed E-state index contributed by atoms with van der Waals surface area (Å²) in [4.78, 5) is 120. The number of fused-ring (bicyclic) bond motifs is 3. The van der Waals surface area contributed by atoms with E-state index in [-0.39, 0.29) is 47.5 Å². The number of aromatic hydroxyl groups is 2. The molecule has 4 aliphatic rings. The molecule has 91 heavy (non-hydrogen) atoms. The van der Waals surface area contributed by atoms with Gasteiger partial charge < -0.3 is 111 Å². The number of phenols is 2. The lowest BCUT2D eigenvalue weighted by Gasteiger charge is -2.42. The molecule has 2 aliphatic carbocycles. The van der Waals surface area contributed by atoms with Gasteiger partial charge in [0.1, 0.15) is 96.8 Å². The molecule has 0 bridgehead atoms. The second-order valence-corrected chi connectivity index (χ2v) is 23.1. The fourth-order valence-corrected chi connectivity index (χ4v) is 11.4. The van der Waals surface area contributed by atoms with E-state index in [0.29, 0.717) is 11.1 Å². The molecule has 5 unspecified atom stereocenters. The molecule has 2 aliphatic heterocycles. The molecule has 3 aromatic rings. The third-order valence-electron chi connectivity index (χ3n) is 16.7. The molecule has 2 fully saturated rings. The van der Waals surface area contributed by atoms with Crippen molar-refractivity contribution in [2.24, 2.45) is 17.6 Å². The van der Waals surface area contributed by atoms with Crippen molar-refractivity contribution in [3.8, 4) is 17.2 Å². The fourth-order valence-electron chi connectivity index (χ4n) is 11.4. The Kier molecular flexibility index (Phi) is 23.4. The minimum absolute atomic E-state index is 0.00225. The highest BCUT2D eigenvalue weighted by Crippen LogP contribution is 2.53. The van der Waals surface area contributed by atoms with Crippen LogP contribution in [0.2, 0.25) is 0 Å². The third-order valence-corrected chi connectivity index (χ3v) is 16.7. The lowest BCUT2D eigenvalue weighted by molar-refractivity contribution is -0.326. The number of carbonyl (C=O) groups excluding carboxylic acids is 9. The summed E-state index contributed by atoms with van der Waals surface area (Å²) in [6, 6.07) is 7.71. The molecule has 3 aromatic carbocycles. The molecule has 18 atom stereocenters. The standard InChI is InChI=1S/C60H75N3O28/c1-23(12-34(69)49(76)54(81)56(35(70)19-64)91-58-55(82)53(80)50(77)38(20-65)90-58)57(83)62-24(2)32(67)14-28(15-40(61)72)33(68)13-26-8-10-27(11-9-26)22-87-59(84)63-31-16-41(88-25(3)46(31)73)89-37-18-60(85,39(71)21-66)17-30-43(37)52(79)45-44(48(30)75)47(74)29-6-5-7-36(86-4)42(29)51(45)78/h5-11,23-25,28,31,35,37-38,41,46,49-50,53-56,58,64-66,70,73,75-77,79-82,85H,12-22H2,1-4H3,(H2,61,72)(H,62,83)(H,63,84)/t23?,24?,25-,28?,31-,35+,37?,38+,41?,46+,49-,50-,53-,54-,55+,56-,58-,60+/m0/s1. The van der Waals surface area contributed by atoms with Gasteiger partial charge in [-0.3, -0.25) is 38.4 Å². The van der Waals surface area contributed by atoms with Gasteiger partial charge in [-0.1, -0.05) is 43.3 Å². The lowest BCUT2D eigenvalue weighted by Crippen LogP contribution is -2.61. The van der Waals surface area contributed by atoms with E-state index in [2.05, 4.69) is 10.6 Å². The highest BCUT2D eigenvalue weighted by Gasteiger charge is 2.52. The van der Waals surface area contributed by atoms with Gasteiger partial charge in [-0.2, -0.15) is 0 Å². The minimum Gasteiger partial charge on any atom is -0.507 e. The maximum atomic E-state index is 14.1. The van der Waals surface area contributed by atoms with Crippen molar-refractivity contribution < 1.29 is 138 Å². The van der Waals surface area contributed by atoms with Gasteiger partial charge in [0, 0.05) is 73.5 Å². The Morgan fingerprint density at radius 1 is 0.791 bits per heavy atom. The minimum atomic E-state index is -2.45. The molecule has 0 spiro atoms. The van der Waals surface area contributed by atoms with Crippen LogP contribution in [-0.2, 0) is 71.9 Å². The first-order valence-electron chi connectivity index (χ1n) is 28.9. The number of aliphatic hydroxyl groups excluding tert-OH is 10. The van der Waals surface area contributed by atoms with Crippen molar-refractivity contribution in [1.29, 1.82) is 0 Å². The summed E-state index contributed by atoms with van der Waals surface area (Å²) in [5, 5.41) is 143. The van der Waals surface area contributed by atoms with Gasteiger partial charge in [0.15, 0.2) is 35.7 Å². The van der Waals surface area contributed by atoms with E-state index in [4.69, 9.17) is 34.2 Å². The van der Waals surface area contributed by atoms with E-state index in [9.17, 15) is 110 Å². The zero-order valence-electron chi connectivity index (χ0n) is 49.6. The van der Waals surface area contributed by atoms with Gasteiger partial charge in [-0.05, 0) is 31.0 Å². The Bertz CT molecular complexity index is 3230. The molecule has 0 radical (unpaired) electrons. The number of carbonyl (C=O) groups is 9. The summed E-state index contributed by atoms with van der Waals surface area (Å²) in [7, 11) is 1.26. The average molecular weight is 1290 g/mol. The van der Waals surface area contributed by atoms with Gasteiger partial charge in [-0.15, -0.1) is 0 Å². The maximum absolute atomic E-state index is 14.1. The summed E-state index contributed by atoms with van der Waals surface area (Å²) in [5.74, 6) is -11.4. The Balaban J connectivity index is 0.921. The van der Waals surface area contributed by atoms with Crippen molar-refractivity contribution in [3.63, 3.8) is 0 Å². The highest BCUT2D eigenvalue weighted by molar-refractivity contribution is 6.31. The summed E-state index contributed by atoms with van der Waals surface area (Å²) in [6.45, 7) is 0.407. The van der Waals surface area contributed by atoms with Crippen LogP contribution in [0.3, 0.4) is 0 Å². The number of nitrogens with one attached hydrogen (secondary N) is 2. The number of benzene rings is 3. The Morgan fingerprint density at radius 3 is 2.08 bits per heavy atom. The fraction of sp³-hybridized carbons (Fsp3) is 0.550. The molecule has 31 heteroatoms. The number of amides is 3. The Labute approximate surface area is 518 Å². The smallest absolute Gasteiger partial charge is 0.407 e. The number of ketones is 6. The SMILES string of the molecule is COc1cccc2c1C(=O)c1c(O)c3c(c(O)c1C2=O)C[C@](O)(C(=O)CO)CC3OC1C[C@H](NC(=O)OCc2ccc(CC(=O)C(CC(N)=O)CC(=O)C(C)NC(=O)C(C)CC(=O)[C@H](O)[C@H](O)[C@@H](O[C@@H]3O[C@H](CO)[C@H](O)[C@H](O)[C@H]3O)[C@H](O)CO)cc2)[C@H](O)[C@H](C)O1. The number of primary amides is 1. The van der Waals surface area contributed by atoms with Crippen molar-refractivity contribution in [3.05, 3.63) is 87.0 Å². The number of aliphatic hydroxyl groups is 11. The Hall–Kier alpha value is -7.31. The van der Waals surface area contributed by atoms with Crippen molar-refractivity contribution in [2.75, 3.05) is 26.9 Å². The molecular formula is C60H75N3O28. The zero-order valence-corrected chi connectivity index (χ0v) is 49.6. The monoisotopic (exact) mass is 1290 g/mol. The van der Waals surface area contributed by atoms with Crippen LogP contribution in [0, 0.1) is 11.8 Å². The Morgan fingerprint density at radius 2 is 1.45 bits per heavy atom. The normalized spacial score (nSPS) is 26.8. The molecule has 2 heterocycles. The molecule has 0 saturated carbocycles. The summed E-state index contributed by atoms with van der Waals surface area (Å²) >= 11 is 0. The number of hydrogen-bond acceptors (Lipinski definition) is 28. The number of rotatable bonds is 28. The maximum Gasteiger partial charge on any atom is 0.407 e. The quantitative estimate of drug-likeness (QED) is 0.0240. The number of nitrogens with two attached hydrogens (primary N) is 1. The molecule has 31 nitrogen and oxygen atoms in total. The van der Waals surface area contributed by atoms with E-state index in [0.717, 1.165) is 0 Å². The number of phenolic OH excluding ortho intramolecular Hbond substituents is 2. The van der Waals surface area contributed by atoms with E-state index < -0.39 is 236 Å². The second kappa shape index (κ2) is 30.0. The number of alkyl carbamates (subject to hydrolysis) is 1. The van der Waals surface area contributed by atoms with Gasteiger partial charge in [0.05, 0.1) is 61.3 Å². The van der Waals surface area contributed by atoms with E-state index >= 15 is 0 Å². The summed E-state index contributed by atoms with van der Waals surface area (Å²) in [6.07, 6.45) is -28.7. The topological polar surface area (TPSA) is 522 Å². The van der Waals surface area contributed by atoms with Crippen LogP contribution in [0.15, 0.2) is 42.5 Å². The number of hydrogen-bond donors (Lipinski definition) is 16. The molecule has 0 aromatic heterocycles. The number of ether oxygens (including phenoxy) is 6. The second-order valence-electron chi connectivity index (χ2n) is 23.1. The molecule has 7 rings (SSSR count). The van der Waals surface area contributed by atoms with Gasteiger partial charge in [-0.25, -0.2) is 4.79 Å².